The van der Waals surface area contributed by atoms with Crippen LogP contribution in [0.25, 0.3) is 0 Å². The first-order chi connectivity index (χ1) is 8.58. The zero-order chi connectivity index (χ0) is 13.1. The number of amides is 1. The first-order valence-electron chi connectivity index (χ1n) is 5.22. The second-order valence-corrected chi connectivity index (χ2v) is 4.11. The molecule has 18 heavy (non-hydrogen) atoms. The maximum atomic E-state index is 11.9. The summed E-state index contributed by atoms with van der Waals surface area (Å²) in [6.07, 6.45) is 0. The lowest BCUT2D eigenvalue weighted by Gasteiger charge is -2.08. The van der Waals surface area contributed by atoms with Crippen molar-refractivity contribution < 1.29 is 9.90 Å². The van der Waals surface area contributed by atoms with Crippen molar-refractivity contribution in [2.24, 2.45) is 0 Å². The smallest absolute Gasteiger partial charge is 0.255 e. The Bertz CT molecular complexity index is 599. The SMILES string of the molecule is Nc1ccccc1NC(=O)c1ccc(O)c(Cl)c1. The molecule has 0 unspecified atom stereocenters. The molecule has 0 spiro atoms. The number of carbonyl (C=O) groups is 1. The second-order valence-electron chi connectivity index (χ2n) is 3.71. The van der Waals surface area contributed by atoms with Gasteiger partial charge in [-0.3, -0.25) is 4.79 Å². The van der Waals surface area contributed by atoms with Gasteiger partial charge in [-0.2, -0.15) is 0 Å². The molecule has 0 aromatic heterocycles. The highest BCUT2D eigenvalue weighted by Crippen LogP contribution is 2.24. The van der Waals surface area contributed by atoms with E-state index in [4.69, 9.17) is 17.3 Å². The van der Waals surface area contributed by atoms with Crippen molar-refractivity contribution in [2.45, 2.75) is 0 Å². The normalized spacial score (nSPS) is 10.1. The average Bonchev–Trinajstić information content (AvgIpc) is 2.35. The Hall–Kier alpha value is -2.20. The van der Waals surface area contributed by atoms with Crippen LogP contribution in [0.15, 0.2) is 42.5 Å². The molecular weight excluding hydrogens is 252 g/mol. The van der Waals surface area contributed by atoms with Crippen LogP contribution in [0.1, 0.15) is 10.4 Å². The Balaban J connectivity index is 2.22. The molecule has 0 radical (unpaired) electrons. The molecule has 0 aliphatic heterocycles. The van der Waals surface area contributed by atoms with E-state index in [1.807, 2.05) is 0 Å². The van der Waals surface area contributed by atoms with Gasteiger partial charge >= 0.3 is 0 Å². The molecule has 2 rings (SSSR count). The van der Waals surface area contributed by atoms with Crippen LogP contribution < -0.4 is 11.1 Å². The van der Waals surface area contributed by atoms with Crippen LogP contribution in [0.4, 0.5) is 11.4 Å². The third kappa shape index (κ3) is 2.55. The van der Waals surface area contributed by atoms with Crippen molar-refractivity contribution in [1.82, 2.24) is 0 Å². The minimum absolute atomic E-state index is 0.0626. The molecule has 0 saturated carbocycles. The van der Waals surface area contributed by atoms with Crippen LogP contribution in [0.3, 0.4) is 0 Å². The van der Waals surface area contributed by atoms with Gasteiger partial charge in [0.25, 0.3) is 5.91 Å². The van der Waals surface area contributed by atoms with Gasteiger partial charge in [0.05, 0.1) is 16.4 Å². The number of nitrogen functional groups attached to an aromatic ring is 1. The molecule has 4 N–H and O–H groups in total. The van der Waals surface area contributed by atoms with Gasteiger partial charge in [-0.05, 0) is 30.3 Å². The van der Waals surface area contributed by atoms with Crippen molar-refractivity contribution in [2.75, 3.05) is 11.1 Å². The first-order valence-corrected chi connectivity index (χ1v) is 5.60. The van der Waals surface area contributed by atoms with Crippen molar-refractivity contribution in [3.8, 4) is 5.75 Å². The van der Waals surface area contributed by atoms with Crippen molar-refractivity contribution in [1.29, 1.82) is 0 Å². The summed E-state index contributed by atoms with van der Waals surface area (Å²) >= 11 is 5.74. The molecular formula is C13H11ClN2O2. The summed E-state index contributed by atoms with van der Waals surface area (Å²) in [6.45, 7) is 0. The lowest BCUT2D eigenvalue weighted by molar-refractivity contribution is 0.102. The quantitative estimate of drug-likeness (QED) is 0.729. The van der Waals surface area contributed by atoms with E-state index in [1.54, 1.807) is 24.3 Å². The van der Waals surface area contributed by atoms with E-state index in [-0.39, 0.29) is 16.7 Å². The average molecular weight is 263 g/mol. The minimum Gasteiger partial charge on any atom is -0.506 e. The fourth-order valence-electron chi connectivity index (χ4n) is 1.45. The number of benzene rings is 2. The van der Waals surface area contributed by atoms with Gasteiger partial charge in [-0.25, -0.2) is 0 Å². The topological polar surface area (TPSA) is 75.3 Å². The Morgan fingerprint density at radius 1 is 1.22 bits per heavy atom. The van der Waals surface area contributed by atoms with Gasteiger partial charge in [0.2, 0.25) is 0 Å². The summed E-state index contributed by atoms with van der Waals surface area (Å²) in [5.74, 6) is -0.401. The standard InChI is InChI=1S/C13H11ClN2O2/c14-9-7-8(5-6-12(9)17)13(18)16-11-4-2-1-3-10(11)15/h1-7,17H,15H2,(H,16,18). The number of phenols is 1. The van der Waals surface area contributed by atoms with E-state index in [0.29, 0.717) is 16.9 Å². The predicted molar refractivity (Wildman–Crippen MR) is 71.9 cm³/mol. The number of para-hydroxylation sites is 2. The van der Waals surface area contributed by atoms with Crippen LogP contribution in [0.5, 0.6) is 5.75 Å². The number of anilines is 2. The number of carbonyl (C=O) groups excluding carboxylic acids is 1. The van der Waals surface area contributed by atoms with E-state index in [0.717, 1.165) is 0 Å². The highest BCUT2D eigenvalue weighted by atomic mass is 35.5. The Morgan fingerprint density at radius 2 is 1.94 bits per heavy atom. The molecule has 0 aliphatic carbocycles. The summed E-state index contributed by atoms with van der Waals surface area (Å²) in [5.41, 5.74) is 7.08. The lowest BCUT2D eigenvalue weighted by atomic mass is 10.2. The van der Waals surface area contributed by atoms with E-state index in [9.17, 15) is 9.90 Å². The number of nitrogens with two attached hydrogens (primary N) is 1. The van der Waals surface area contributed by atoms with Crippen molar-refractivity contribution in [3.05, 3.63) is 53.1 Å². The summed E-state index contributed by atoms with van der Waals surface area (Å²) in [7, 11) is 0. The molecule has 92 valence electrons. The van der Waals surface area contributed by atoms with Gasteiger partial charge in [0.1, 0.15) is 5.75 Å². The third-order valence-electron chi connectivity index (χ3n) is 2.42. The number of hydrogen-bond donors (Lipinski definition) is 3. The van der Waals surface area contributed by atoms with E-state index in [2.05, 4.69) is 5.32 Å². The van der Waals surface area contributed by atoms with Crippen molar-refractivity contribution >= 4 is 28.9 Å². The van der Waals surface area contributed by atoms with Crippen molar-refractivity contribution in [3.63, 3.8) is 0 Å². The van der Waals surface area contributed by atoms with Crippen LogP contribution in [0.2, 0.25) is 5.02 Å². The Labute approximate surface area is 109 Å². The molecule has 4 nitrogen and oxygen atoms in total. The largest absolute Gasteiger partial charge is 0.506 e. The number of halogens is 1. The van der Waals surface area contributed by atoms with Gasteiger partial charge in [-0.1, -0.05) is 23.7 Å². The fraction of sp³-hybridized carbons (Fsp3) is 0. The number of rotatable bonds is 2. The highest BCUT2D eigenvalue weighted by Gasteiger charge is 2.09. The molecule has 0 bridgehead atoms. The van der Waals surface area contributed by atoms with Gasteiger partial charge in [0, 0.05) is 5.56 Å². The highest BCUT2D eigenvalue weighted by molar-refractivity contribution is 6.32. The van der Waals surface area contributed by atoms with Gasteiger partial charge in [-0.15, -0.1) is 0 Å². The summed E-state index contributed by atoms with van der Waals surface area (Å²) in [5, 5.41) is 12.1. The predicted octanol–water partition coefficient (Wildman–Crippen LogP) is 2.88. The molecule has 0 saturated heterocycles. The minimum atomic E-state index is -0.338. The van der Waals surface area contributed by atoms with Gasteiger partial charge in [0.15, 0.2) is 0 Å². The Kier molecular flexibility index (Phi) is 3.39. The van der Waals surface area contributed by atoms with Crippen LogP contribution in [0, 0.1) is 0 Å². The molecule has 2 aromatic carbocycles. The number of hydrogen-bond acceptors (Lipinski definition) is 3. The molecule has 0 fully saturated rings. The number of nitrogens with one attached hydrogen (secondary N) is 1. The summed E-state index contributed by atoms with van der Waals surface area (Å²) in [4.78, 5) is 11.9. The lowest BCUT2D eigenvalue weighted by Crippen LogP contribution is -2.13. The summed E-state index contributed by atoms with van der Waals surface area (Å²) < 4.78 is 0. The van der Waals surface area contributed by atoms with E-state index in [1.165, 1.54) is 18.2 Å². The second kappa shape index (κ2) is 4.98. The fourth-order valence-corrected chi connectivity index (χ4v) is 1.63. The Morgan fingerprint density at radius 3 is 2.61 bits per heavy atom. The maximum Gasteiger partial charge on any atom is 0.255 e. The molecule has 0 aliphatic rings. The van der Waals surface area contributed by atoms with E-state index >= 15 is 0 Å². The molecule has 0 heterocycles. The van der Waals surface area contributed by atoms with Crippen LogP contribution in [-0.2, 0) is 0 Å². The number of phenolic OH excluding ortho intramolecular Hbond substituents is 1. The third-order valence-corrected chi connectivity index (χ3v) is 2.72. The maximum absolute atomic E-state index is 11.9. The number of aromatic hydroxyl groups is 1. The molecule has 1 amide bonds. The zero-order valence-electron chi connectivity index (χ0n) is 9.35. The zero-order valence-corrected chi connectivity index (χ0v) is 10.1. The van der Waals surface area contributed by atoms with Crippen LogP contribution in [-0.4, -0.2) is 11.0 Å². The molecule has 2 aromatic rings. The van der Waals surface area contributed by atoms with Crippen LogP contribution >= 0.6 is 11.6 Å². The monoisotopic (exact) mass is 262 g/mol. The molecule has 5 heteroatoms. The summed E-state index contributed by atoms with van der Waals surface area (Å²) in [6, 6.07) is 11.2. The van der Waals surface area contributed by atoms with Gasteiger partial charge < -0.3 is 16.2 Å². The first kappa shape index (κ1) is 12.3. The van der Waals surface area contributed by atoms with E-state index < -0.39 is 0 Å². The molecule has 0 atom stereocenters.